The van der Waals surface area contributed by atoms with Gasteiger partial charge in [0.1, 0.15) is 29.7 Å². The lowest BCUT2D eigenvalue weighted by atomic mass is 10.00. The molecule has 0 aliphatic carbocycles. The molecule has 0 fully saturated rings. The number of hydrogen-bond acceptors (Lipinski definition) is 6. The number of nitrogens with one attached hydrogen (secondary N) is 1. The molecular weight excluding hydrogens is 490 g/mol. The molecule has 8 nitrogen and oxygen atoms in total. The molecule has 1 aliphatic rings. The molecule has 37 heavy (non-hydrogen) atoms. The molecule has 4 aromatic rings. The quantitative estimate of drug-likeness (QED) is 0.340. The largest absolute Gasteiger partial charge is 0.457 e. The summed E-state index contributed by atoms with van der Waals surface area (Å²) in [6, 6.07) is 19.5. The number of hydrogen-bond donors (Lipinski definition) is 1. The SMILES string of the molecule is CCNC(=O)C[C@@H]1N=C(c2ccc(Cl)cc2)c2cc(Oc3ccc(C=O)cc3)ccc2-n2c(C)nnc21. The second-order valence-electron chi connectivity index (χ2n) is 8.57. The van der Waals surface area contributed by atoms with Crippen LogP contribution < -0.4 is 10.1 Å². The summed E-state index contributed by atoms with van der Waals surface area (Å²) in [6.45, 7) is 4.28. The minimum Gasteiger partial charge on any atom is -0.457 e. The predicted octanol–water partition coefficient (Wildman–Crippen LogP) is 5.25. The number of amides is 1. The standard InChI is InChI=1S/C28H24ClN5O3/c1-3-30-26(36)15-24-28-33-32-17(2)34(28)25-13-12-22(37-21-10-4-18(16-35)5-11-21)14-23(25)27(31-24)19-6-8-20(29)9-7-19/h4-14,16,24H,3,15H2,1-2H3,(H,30,36)/t24-/m0/s1. The number of aryl methyl sites for hydroxylation is 1. The molecule has 1 atom stereocenters. The van der Waals surface area contributed by atoms with E-state index in [9.17, 15) is 9.59 Å². The number of ether oxygens (including phenoxy) is 1. The van der Waals surface area contributed by atoms with Gasteiger partial charge in [-0.05, 0) is 68.4 Å². The Bertz CT molecular complexity index is 1490. The molecule has 1 amide bonds. The van der Waals surface area contributed by atoms with Crippen molar-refractivity contribution in [2.75, 3.05) is 6.54 Å². The molecule has 3 aromatic carbocycles. The van der Waals surface area contributed by atoms with E-state index in [2.05, 4.69) is 15.5 Å². The summed E-state index contributed by atoms with van der Waals surface area (Å²) in [5.41, 5.74) is 3.73. The monoisotopic (exact) mass is 513 g/mol. The van der Waals surface area contributed by atoms with Gasteiger partial charge in [0.2, 0.25) is 5.91 Å². The van der Waals surface area contributed by atoms with Crippen LogP contribution in [0.25, 0.3) is 5.69 Å². The summed E-state index contributed by atoms with van der Waals surface area (Å²) >= 11 is 6.17. The molecule has 0 radical (unpaired) electrons. The summed E-state index contributed by atoms with van der Waals surface area (Å²) < 4.78 is 8.05. The number of fused-ring (bicyclic) bond motifs is 3. The number of carbonyl (C=O) groups excluding carboxylic acids is 2. The van der Waals surface area contributed by atoms with Gasteiger partial charge in [-0.25, -0.2) is 0 Å². The van der Waals surface area contributed by atoms with E-state index in [1.54, 1.807) is 24.3 Å². The minimum atomic E-state index is -0.550. The molecule has 5 rings (SSSR count). The maximum Gasteiger partial charge on any atom is 0.222 e. The van der Waals surface area contributed by atoms with Crippen LogP contribution in [0.4, 0.5) is 0 Å². The number of nitrogens with zero attached hydrogens (tertiary/aromatic N) is 4. The number of carbonyl (C=O) groups is 2. The molecule has 1 N–H and O–H groups in total. The molecule has 0 unspecified atom stereocenters. The fourth-order valence-electron chi connectivity index (χ4n) is 4.31. The van der Waals surface area contributed by atoms with E-state index in [4.69, 9.17) is 21.3 Å². The van der Waals surface area contributed by atoms with Crippen molar-refractivity contribution in [1.29, 1.82) is 0 Å². The predicted molar refractivity (Wildman–Crippen MR) is 141 cm³/mol. The number of benzene rings is 3. The van der Waals surface area contributed by atoms with Crippen LogP contribution >= 0.6 is 11.6 Å². The number of rotatable bonds is 7. The highest BCUT2D eigenvalue weighted by Crippen LogP contribution is 2.35. The lowest BCUT2D eigenvalue weighted by molar-refractivity contribution is -0.121. The van der Waals surface area contributed by atoms with Gasteiger partial charge in [0.25, 0.3) is 0 Å². The van der Waals surface area contributed by atoms with Crippen LogP contribution in [0, 0.1) is 6.92 Å². The smallest absolute Gasteiger partial charge is 0.222 e. The van der Waals surface area contributed by atoms with Crippen LogP contribution in [0.3, 0.4) is 0 Å². The van der Waals surface area contributed by atoms with Crippen molar-refractivity contribution in [3.05, 3.63) is 100 Å². The van der Waals surface area contributed by atoms with Gasteiger partial charge in [0.05, 0.1) is 17.8 Å². The van der Waals surface area contributed by atoms with Crippen LogP contribution in [-0.2, 0) is 4.79 Å². The Kier molecular flexibility index (Phi) is 6.83. The fourth-order valence-corrected chi connectivity index (χ4v) is 4.43. The van der Waals surface area contributed by atoms with E-state index >= 15 is 0 Å². The van der Waals surface area contributed by atoms with E-state index in [0.29, 0.717) is 46.0 Å². The highest BCUT2D eigenvalue weighted by atomic mass is 35.5. The van der Waals surface area contributed by atoms with Crippen LogP contribution in [-0.4, -0.2) is 39.2 Å². The molecule has 0 saturated carbocycles. The molecule has 0 saturated heterocycles. The van der Waals surface area contributed by atoms with Crippen molar-refractivity contribution in [3.8, 4) is 17.2 Å². The van der Waals surface area contributed by atoms with Crippen LogP contribution in [0.2, 0.25) is 5.02 Å². The third-order valence-corrected chi connectivity index (χ3v) is 6.27. The zero-order chi connectivity index (χ0) is 25.9. The summed E-state index contributed by atoms with van der Waals surface area (Å²) in [6.07, 6.45) is 0.917. The Morgan fingerprint density at radius 2 is 1.78 bits per heavy atom. The van der Waals surface area contributed by atoms with E-state index < -0.39 is 6.04 Å². The van der Waals surface area contributed by atoms with Gasteiger partial charge in [-0.1, -0.05) is 23.7 Å². The molecule has 1 aliphatic heterocycles. The Morgan fingerprint density at radius 3 is 2.49 bits per heavy atom. The highest BCUT2D eigenvalue weighted by molar-refractivity contribution is 6.30. The number of halogens is 1. The molecule has 0 bridgehead atoms. The Balaban J connectivity index is 1.66. The average Bonchev–Trinajstić information content (AvgIpc) is 3.22. The van der Waals surface area contributed by atoms with Gasteiger partial charge in [0, 0.05) is 28.3 Å². The van der Waals surface area contributed by atoms with Crippen LogP contribution in [0.15, 0.2) is 71.7 Å². The van der Waals surface area contributed by atoms with Crippen LogP contribution in [0.5, 0.6) is 11.5 Å². The normalized spacial score (nSPS) is 14.1. The van der Waals surface area contributed by atoms with Gasteiger partial charge in [0.15, 0.2) is 5.82 Å². The molecule has 1 aromatic heterocycles. The first-order valence-corrected chi connectivity index (χ1v) is 12.2. The third kappa shape index (κ3) is 5.01. The average molecular weight is 514 g/mol. The van der Waals surface area contributed by atoms with Crippen LogP contribution in [0.1, 0.15) is 52.5 Å². The molecular formula is C28H24ClN5O3. The second kappa shape index (κ2) is 10.4. The van der Waals surface area contributed by atoms with Gasteiger partial charge >= 0.3 is 0 Å². The van der Waals surface area contributed by atoms with Crippen molar-refractivity contribution < 1.29 is 14.3 Å². The number of aliphatic imine (C=N–C) groups is 1. The Hall–Kier alpha value is -4.30. The summed E-state index contributed by atoms with van der Waals surface area (Å²) in [5, 5.41) is 12.2. The van der Waals surface area contributed by atoms with Crippen molar-refractivity contribution in [2.45, 2.75) is 26.3 Å². The van der Waals surface area contributed by atoms with Crippen molar-refractivity contribution in [1.82, 2.24) is 20.1 Å². The van der Waals surface area contributed by atoms with Gasteiger partial charge in [-0.2, -0.15) is 0 Å². The Morgan fingerprint density at radius 1 is 1.05 bits per heavy atom. The molecule has 2 heterocycles. The maximum absolute atomic E-state index is 12.6. The Labute approximate surface area is 219 Å². The second-order valence-corrected chi connectivity index (χ2v) is 9.00. The van der Waals surface area contributed by atoms with Gasteiger partial charge < -0.3 is 10.1 Å². The van der Waals surface area contributed by atoms with E-state index in [1.165, 1.54) is 0 Å². The lowest BCUT2D eigenvalue weighted by Gasteiger charge is -2.15. The van der Waals surface area contributed by atoms with Gasteiger partial charge in [-0.15, -0.1) is 10.2 Å². The maximum atomic E-state index is 12.6. The zero-order valence-electron chi connectivity index (χ0n) is 20.3. The molecule has 186 valence electrons. The topological polar surface area (TPSA) is 98.5 Å². The minimum absolute atomic E-state index is 0.118. The van der Waals surface area contributed by atoms with Crippen molar-refractivity contribution in [2.24, 2.45) is 4.99 Å². The fraction of sp³-hybridized carbons (Fsp3) is 0.179. The van der Waals surface area contributed by atoms with E-state index in [-0.39, 0.29) is 12.3 Å². The van der Waals surface area contributed by atoms with Gasteiger partial charge in [-0.3, -0.25) is 19.1 Å². The van der Waals surface area contributed by atoms with E-state index in [0.717, 1.165) is 23.1 Å². The summed E-state index contributed by atoms with van der Waals surface area (Å²) in [7, 11) is 0. The van der Waals surface area contributed by atoms with Crippen molar-refractivity contribution >= 4 is 29.5 Å². The first-order chi connectivity index (χ1) is 18.0. The third-order valence-electron chi connectivity index (χ3n) is 6.02. The summed E-state index contributed by atoms with van der Waals surface area (Å²) in [4.78, 5) is 28.7. The first-order valence-electron chi connectivity index (χ1n) is 11.9. The highest BCUT2D eigenvalue weighted by Gasteiger charge is 2.30. The van der Waals surface area contributed by atoms with E-state index in [1.807, 2.05) is 60.9 Å². The summed E-state index contributed by atoms with van der Waals surface area (Å²) in [5.74, 6) is 2.34. The number of aldehydes is 1. The molecule has 0 spiro atoms. The zero-order valence-corrected chi connectivity index (χ0v) is 21.1. The lowest BCUT2D eigenvalue weighted by Crippen LogP contribution is -2.25. The number of aromatic nitrogens is 3. The molecule has 9 heteroatoms. The van der Waals surface area contributed by atoms with Crippen molar-refractivity contribution in [3.63, 3.8) is 0 Å². The first kappa shape index (κ1) is 24.4.